The van der Waals surface area contributed by atoms with Gasteiger partial charge in [0.05, 0.1) is 11.9 Å². The van der Waals surface area contributed by atoms with Gasteiger partial charge in [-0.15, -0.1) is 5.10 Å². The first-order valence-electron chi connectivity index (χ1n) is 13.1. The van der Waals surface area contributed by atoms with E-state index in [1.165, 1.54) is 5.56 Å². The van der Waals surface area contributed by atoms with Gasteiger partial charge in [0.1, 0.15) is 5.60 Å². The summed E-state index contributed by atoms with van der Waals surface area (Å²) in [7, 11) is 2.09. The Morgan fingerprint density at radius 3 is 2.32 bits per heavy atom. The number of hydrogen-bond donors (Lipinski definition) is 1. The molecule has 6 heteroatoms. The molecule has 192 valence electrons. The maximum absolute atomic E-state index is 12.5. The fraction of sp³-hybridized carbons (Fsp3) is 0.387. The molecule has 0 radical (unpaired) electrons. The molecule has 1 atom stereocenters. The highest BCUT2D eigenvalue weighted by atomic mass is 16.3. The van der Waals surface area contributed by atoms with Crippen LogP contribution in [0, 0.1) is 5.41 Å². The molecule has 1 aromatic carbocycles. The number of aliphatic hydroxyl groups is 1. The fourth-order valence-electron chi connectivity index (χ4n) is 5.65. The third-order valence-corrected chi connectivity index (χ3v) is 7.78. The quantitative estimate of drug-likeness (QED) is 0.353. The lowest BCUT2D eigenvalue weighted by Crippen LogP contribution is -2.63. The Labute approximate surface area is 220 Å². The Hall–Kier alpha value is -3.35. The zero-order chi connectivity index (χ0) is 26.4. The van der Waals surface area contributed by atoms with Crippen molar-refractivity contribution < 1.29 is 5.11 Å². The second-order valence-corrected chi connectivity index (χ2v) is 11.4. The fourth-order valence-corrected chi connectivity index (χ4v) is 5.65. The summed E-state index contributed by atoms with van der Waals surface area (Å²) >= 11 is 0. The minimum Gasteiger partial charge on any atom is -0.380 e. The minimum atomic E-state index is -1.21. The van der Waals surface area contributed by atoms with Gasteiger partial charge in [-0.2, -0.15) is 5.10 Å². The Bertz CT molecular complexity index is 1380. The van der Waals surface area contributed by atoms with Gasteiger partial charge in [0.2, 0.25) is 0 Å². The van der Waals surface area contributed by atoms with Crippen LogP contribution in [0.15, 0.2) is 73.2 Å². The maximum Gasteiger partial charge on any atom is 0.159 e. The van der Waals surface area contributed by atoms with Gasteiger partial charge < -0.3 is 14.6 Å². The highest BCUT2D eigenvalue weighted by Gasteiger charge is 2.55. The van der Waals surface area contributed by atoms with Crippen molar-refractivity contribution in [1.82, 2.24) is 24.6 Å². The number of pyridine rings is 1. The molecular formula is C31H37N5O. The molecule has 0 unspecified atom stereocenters. The molecule has 3 aromatic heterocycles. The van der Waals surface area contributed by atoms with Crippen LogP contribution >= 0.6 is 0 Å². The second kappa shape index (κ2) is 9.51. The lowest BCUT2D eigenvalue weighted by atomic mass is 9.62. The predicted molar refractivity (Wildman–Crippen MR) is 148 cm³/mol. The number of rotatable bonds is 7. The standard InChI is InChI=1S/C31H37N5O/c1-21(2)23-10-12-25(13-11-23)31(37,30(5)19-35(6)20-30)26-16-29(34-32-17-26)36-15-14-24(18-36)28-9-7-8-27(33-28)22(3)4/h7-18,21-22,37H,19-20H2,1-6H3/t31-/m0/s1. The lowest BCUT2D eigenvalue weighted by molar-refractivity contribution is -0.127. The third-order valence-electron chi connectivity index (χ3n) is 7.78. The first kappa shape index (κ1) is 25.3. The molecule has 0 saturated carbocycles. The molecule has 37 heavy (non-hydrogen) atoms. The van der Waals surface area contributed by atoms with E-state index in [-0.39, 0.29) is 5.41 Å². The molecule has 1 aliphatic heterocycles. The number of likely N-dealkylation sites (tertiary alicyclic amines) is 1. The number of aromatic nitrogens is 4. The molecule has 0 bridgehead atoms. The van der Waals surface area contributed by atoms with E-state index in [1.807, 2.05) is 35.2 Å². The van der Waals surface area contributed by atoms with E-state index in [1.54, 1.807) is 6.20 Å². The summed E-state index contributed by atoms with van der Waals surface area (Å²) in [6, 6.07) is 18.5. The largest absolute Gasteiger partial charge is 0.380 e. The monoisotopic (exact) mass is 495 g/mol. The zero-order valence-electron chi connectivity index (χ0n) is 22.7. The van der Waals surface area contributed by atoms with Gasteiger partial charge in [-0.3, -0.25) is 4.98 Å². The molecule has 6 nitrogen and oxygen atoms in total. The van der Waals surface area contributed by atoms with Gasteiger partial charge in [0.25, 0.3) is 0 Å². The van der Waals surface area contributed by atoms with E-state index in [4.69, 9.17) is 4.98 Å². The highest BCUT2D eigenvalue weighted by molar-refractivity contribution is 5.59. The van der Waals surface area contributed by atoms with E-state index in [2.05, 4.69) is 93.2 Å². The molecule has 0 spiro atoms. The number of hydrogen-bond acceptors (Lipinski definition) is 5. The van der Waals surface area contributed by atoms with Crippen molar-refractivity contribution in [1.29, 1.82) is 0 Å². The first-order valence-corrected chi connectivity index (χ1v) is 13.1. The Morgan fingerprint density at radius 1 is 0.946 bits per heavy atom. The lowest BCUT2D eigenvalue weighted by Gasteiger charge is -2.55. The second-order valence-electron chi connectivity index (χ2n) is 11.4. The van der Waals surface area contributed by atoms with E-state index < -0.39 is 5.60 Å². The van der Waals surface area contributed by atoms with Gasteiger partial charge >= 0.3 is 0 Å². The SMILES string of the molecule is CC(C)c1ccc([C@](O)(c2cnnc(-n3ccc(-c4cccc(C(C)C)n4)c3)c2)C2(C)CN(C)C2)cc1. The van der Waals surface area contributed by atoms with Crippen LogP contribution in [-0.2, 0) is 5.60 Å². The topological polar surface area (TPSA) is 67.1 Å². The smallest absolute Gasteiger partial charge is 0.159 e. The van der Waals surface area contributed by atoms with Crippen LogP contribution in [0.2, 0.25) is 0 Å². The molecular weight excluding hydrogens is 458 g/mol. The molecule has 0 amide bonds. The molecule has 1 aliphatic rings. The van der Waals surface area contributed by atoms with Gasteiger partial charge in [-0.1, -0.05) is 65.0 Å². The summed E-state index contributed by atoms with van der Waals surface area (Å²) < 4.78 is 1.95. The predicted octanol–water partition coefficient (Wildman–Crippen LogP) is 5.76. The molecule has 5 rings (SSSR count). The zero-order valence-corrected chi connectivity index (χ0v) is 22.7. The highest BCUT2D eigenvalue weighted by Crippen LogP contribution is 2.50. The van der Waals surface area contributed by atoms with E-state index >= 15 is 0 Å². The number of benzene rings is 1. The minimum absolute atomic E-state index is 0.357. The van der Waals surface area contributed by atoms with E-state index in [0.29, 0.717) is 17.7 Å². The van der Waals surface area contributed by atoms with Crippen molar-refractivity contribution in [3.05, 3.63) is 95.6 Å². The van der Waals surface area contributed by atoms with E-state index in [9.17, 15) is 5.11 Å². The summed E-state index contributed by atoms with van der Waals surface area (Å²) in [6.45, 7) is 12.4. The Morgan fingerprint density at radius 2 is 1.68 bits per heavy atom. The van der Waals surface area contributed by atoms with Crippen LogP contribution < -0.4 is 0 Å². The van der Waals surface area contributed by atoms with Crippen LogP contribution in [-0.4, -0.2) is 49.9 Å². The van der Waals surface area contributed by atoms with Gasteiger partial charge in [-0.05, 0) is 54.3 Å². The maximum atomic E-state index is 12.5. The Balaban J connectivity index is 1.54. The normalized spacial score (nSPS) is 17.1. The van der Waals surface area contributed by atoms with Crippen LogP contribution in [0.4, 0.5) is 0 Å². The summed E-state index contributed by atoms with van der Waals surface area (Å²) in [6.07, 6.45) is 5.71. The van der Waals surface area contributed by atoms with Crippen LogP contribution in [0.1, 0.15) is 68.8 Å². The van der Waals surface area contributed by atoms with Crippen molar-refractivity contribution in [3.8, 4) is 17.1 Å². The molecule has 1 fully saturated rings. The molecule has 1 saturated heterocycles. The average molecular weight is 496 g/mol. The molecule has 4 aromatic rings. The van der Waals surface area contributed by atoms with Crippen molar-refractivity contribution in [2.45, 2.75) is 52.1 Å². The third kappa shape index (κ3) is 4.49. The van der Waals surface area contributed by atoms with Gasteiger partial charge in [0, 0.05) is 47.7 Å². The van der Waals surface area contributed by atoms with Crippen molar-refractivity contribution >= 4 is 0 Å². The van der Waals surface area contributed by atoms with Crippen LogP contribution in [0.25, 0.3) is 17.1 Å². The van der Waals surface area contributed by atoms with Gasteiger partial charge in [-0.25, -0.2) is 0 Å². The van der Waals surface area contributed by atoms with Crippen molar-refractivity contribution in [2.75, 3.05) is 20.1 Å². The summed E-state index contributed by atoms with van der Waals surface area (Å²) in [5.74, 6) is 1.46. The van der Waals surface area contributed by atoms with Gasteiger partial charge in [0.15, 0.2) is 5.82 Å². The molecule has 1 N–H and O–H groups in total. The van der Waals surface area contributed by atoms with E-state index in [0.717, 1.165) is 41.2 Å². The summed E-state index contributed by atoms with van der Waals surface area (Å²) in [5.41, 5.74) is 4.34. The Kier molecular flexibility index (Phi) is 6.50. The molecule has 4 heterocycles. The van der Waals surface area contributed by atoms with Crippen LogP contribution in [0.5, 0.6) is 0 Å². The summed E-state index contributed by atoms with van der Waals surface area (Å²) in [5, 5.41) is 21.3. The van der Waals surface area contributed by atoms with Crippen LogP contribution in [0.3, 0.4) is 0 Å². The number of nitrogens with zero attached hydrogens (tertiary/aromatic N) is 5. The van der Waals surface area contributed by atoms with Crippen molar-refractivity contribution in [2.24, 2.45) is 5.41 Å². The molecule has 0 aliphatic carbocycles. The average Bonchev–Trinajstić information content (AvgIpc) is 3.38. The van der Waals surface area contributed by atoms with Crippen molar-refractivity contribution in [3.63, 3.8) is 0 Å². The summed E-state index contributed by atoms with van der Waals surface area (Å²) in [4.78, 5) is 7.07. The first-order chi connectivity index (χ1) is 17.6.